The van der Waals surface area contributed by atoms with Gasteiger partial charge >= 0.3 is 0 Å². The van der Waals surface area contributed by atoms with Crippen LogP contribution >= 0.6 is 0 Å². The average molecular weight is 446 g/mol. The lowest BCUT2D eigenvalue weighted by Crippen LogP contribution is -2.30. The van der Waals surface area contributed by atoms with Crippen LogP contribution < -0.4 is 9.47 Å². The molecule has 0 radical (unpaired) electrons. The first-order valence-corrected chi connectivity index (χ1v) is 11.2. The monoisotopic (exact) mass is 445 g/mol. The van der Waals surface area contributed by atoms with Gasteiger partial charge in [0, 0.05) is 19.3 Å². The smallest absolute Gasteiger partial charge is 0.262 e. The van der Waals surface area contributed by atoms with Gasteiger partial charge in [-0.15, -0.1) is 0 Å². The number of nitrogens with zero attached hydrogens (tertiary/aromatic N) is 3. The third-order valence-electron chi connectivity index (χ3n) is 4.71. The fraction of sp³-hybridized carbons (Fsp3) is 0.318. The van der Waals surface area contributed by atoms with Crippen LogP contribution in [0.1, 0.15) is 18.1 Å². The second-order valence-corrected chi connectivity index (χ2v) is 9.08. The highest BCUT2D eigenvalue weighted by Gasteiger charge is 2.27. The SMILES string of the molecule is COc1ccc(CN(Cc2ccc(OC)cc2)S(=O)(=O)c2ccn(C[C@@H](C)O)n2)cc1. The molecule has 1 heterocycles. The van der Waals surface area contributed by atoms with Gasteiger partial charge in [-0.05, 0) is 48.4 Å². The van der Waals surface area contributed by atoms with Gasteiger partial charge in [0.1, 0.15) is 11.5 Å². The van der Waals surface area contributed by atoms with Gasteiger partial charge < -0.3 is 14.6 Å². The van der Waals surface area contributed by atoms with Crippen molar-refractivity contribution >= 4 is 10.0 Å². The number of aliphatic hydroxyl groups excluding tert-OH is 1. The van der Waals surface area contributed by atoms with Crippen molar-refractivity contribution < 1.29 is 23.0 Å². The van der Waals surface area contributed by atoms with E-state index in [4.69, 9.17) is 9.47 Å². The summed E-state index contributed by atoms with van der Waals surface area (Å²) >= 11 is 0. The Balaban J connectivity index is 1.91. The van der Waals surface area contributed by atoms with Crippen molar-refractivity contribution in [2.24, 2.45) is 0 Å². The zero-order valence-electron chi connectivity index (χ0n) is 17.8. The molecule has 31 heavy (non-hydrogen) atoms. The number of benzene rings is 2. The van der Waals surface area contributed by atoms with Crippen molar-refractivity contribution in [1.82, 2.24) is 14.1 Å². The molecule has 0 bridgehead atoms. The molecule has 0 fully saturated rings. The third-order valence-corrected chi connectivity index (χ3v) is 6.39. The van der Waals surface area contributed by atoms with Crippen LogP contribution in [0.5, 0.6) is 11.5 Å². The highest BCUT2D eigenvalue weighted by Crippen LogP contribution is 2.22. The number of hydrogen-bond donors (Lipinski definition) is 1. The first kappa shape index (κ1) is 22.8. The van der Waals surface area contributed by atoms with E-state index >= 15 is 0 Å². The van der Waals surface area contributed by atoms with Crippen LogP contribution in [0.2, 0.25) is 0 Å². The molecule has 0 aliphatic heterocycles. The van der Waals surface area contributed by atoms with E-state index in [1.807, 2.05) is 24.3 Å². The van der Waals surface area contributed by atoms with E-state index in [0.29, 0.717) is 11.5 Å². The van der Waals surface area contributed by atoms with E-state index in [2.05, 4.69) is 5.10 Å². The predicted molar refractivity (Wildman–Crippen MR) is 116 cm³/mol. The predicted octanol–water partition coefficient (Wildman–Crippen LogP) is 2.67. The summed E-state index contributed by atoms with van der Waals surface area (Å²) in [6.07, 6.45) is 0.920. The van der Waals surface area contributed by atoms with Crippen molar-refractivity contribution in [3.05, 3.63) is 71.9 Å². The number of aromatic nitrogens is 2. The highest BCUT2D eigenvalue weighted by molar-refractivity contribution is 7.89. The molecule has 3 rings (SSSR count). The van der Waals surface area contributed by atoms with Crippen LogP contribution in [0.3, 0.4) is 0 Å². The molecule has 1 aromatic heterocycles. The fourth-order valence-electron chi connectivity index (χ4n) is 3.08. The third kappa shape index (κ3) is 5.84. The van der Waals surface area contributed by atoms with E-state index in [-0.39, 0.29) is 24.7 Å². The van der Waals surface area contributed by atoms with Crippen molar-refractivity contribution in [3.8, 4) is 11.5 Å². The molecule has 8 nitrogen and oxygen atoms in total. The second-order valence-electron chi connectivity index (χ2n) is 7.19. The summed E-state index contributed by atoms with van der Waals surface area (Å²) in [5, 5.41) is 13.7. The molecular formula is C22H27N3O5S. The molecule has 9 heteroatoms. The lowest BCUT2D eigenvalue weighted by atomic mass is 10.2. The maximum atomic E-state index is 13.4. The molecule has 3 aromatic rings. The lowest BCUT2D eigenvalue weighted by molar-refractivity contribution is 0.168. The van der Waals surface area contributed by atoms with Crippen molar-refractivity contribution in [2.75, 3.05) is 14.2 Å². The molecule has 0 aliphatic rings. The highest BCUT2D eigenvalue weighted by atomic mass is 32.2. The number of aliphatic hydroxyl groups is 1. The van der Waals surface area contributed by atoms with Gasteiger partial charge in [0.25, 0.3) is 10.0 Å². The molecule has 0 spiro atoms. The number of rotatable bonds is 10. The molecule has 2 aromatic carbocycles. The van der Waals surface area contributed by atoms with Crippen LogP contribution in [0.15, 0.2) is 65.8 Å². The molecule has 166 valence electrons. The van der Waals surface area contributed by atoms with Crippen LogP contribution in [-0.2, 0) is 29.7 Å². The van der Waals surface area contributed by atoms with Gasteiger partial charge in [0.2, 0.25) is 0 Å². The zero-order valence-corrected chi connectivity index (χ0v) is 18.6. The lowest BCUT2D eigenvalue weighted by Gasteiger charge is -2.21. The van der Waals surface area contributed by atoms with Gasteiger partial charge in [-0.2, -0.15) is 9.40 Å². The second kappa shape index (κ2) is 9.95. The summed E-state index contributed by atoms with van der Waals surface area (Å²) in [5.41, 5.74) is 1.64. The van der Waals surface area contributed by atoms with Crippen LogP contribution in [0.25, 0.3) is 0 Å². The average Bonchev–Trinajstić information content (AvgIpc) is 3.23. The first-order valence-electron chi connectivity index (χ1n) is 9.79. The van der Waals surface area contributed by atoms with E-state index in [1.54, 1.807) is 51.6 Å². The molecular weight excluding hydrogens is 418 g/mol. The molecule has 0 amide bonds. The molecule has 0 aliphatic carbocycles. The number of methoxy groups -OCH3 is 2. The maximum Gasteiger partial charge on any atom is 0.262 e. The largest absolute Gasteiger partial charge is 0.497 e. The normalized spacial score (nSPS) is 12.7. The number of sulfonamides is 1. The van der Waals surface area contributed by atoms with Crippen molar-refractivity contribution in [1.29, 1.82) is 0 Å². The fourth-order valence-corrected chi connectivity index (χ4v) is 4.42. The first-order chi connectivity index (χ1) is 14.8. The van der Waals surface area contributed by atoms with Gasteiger partial charge in [0.05, 0.1) is 26.9 Å². The summed E-state index contributed by atoms with van der Waals surface area (Å²) in [6, 6.07) is 16.0. The Bertz CT molecular complexity index is 1030. The number of ether oxygens (including phenoxy) is 2. The van der Waals surface area contributed by atoms with E-state index in [1.165, 1.54) is 15.1 Å². The maximum absolute atomic E-state index is 13.4. The van der Waals surface area contributed by atoms with E-state index in [9.17, 15) is 13.5 Å². The molecule has 0 saturated carbocycles. The topological polar surface area (TPSA) is 93.9 Å². The van der Waals surface area contributed by atoms with Crippen LogP contribution in [0.4, 0.5) is 0 Å². The minimum Gasteiger partial charge on any atom is -0.497 e. The van der Waals surface area contributed by atoms with Gasteiger partial charge in [0.15, 0.2) is 5.03 Å². The minimum absolute atomic E-state index is 0.0600. The Hall–Kier alpha value is -2.88. The Morgan fingerprint density at radius 1 is 0.935 bits per heavy atom. The zero-order chi connectivity index (χ0) is 22.4. The summed E-state index contributed by atoms with van der Waals surface area (Å²) in [4.78, 5) is 0. The Kier molecular flexibility index (Phi) is 7.32. The van der Waals surface area contributed by atoms with Crippen molar-refractivity contribution in [2.45, 2.75) is 37.7 Å². The minimum atomic E-state index is -3.89. The van der Waals surface area contributed by atoms with Crippen molar-refractivity contribution in [3.63, 3.8) is 0 Å². The van der Waals surface area contributed by atoms with E-state index in [0.717, 1.165) is 11.1 Å². The standard InChI is InChI=1S/C22H27N3O5S/c1-17(26)14-24-13-12-22(23-24)31(27,28)25(15-18-4-8-20(29-2)9-5-18)16-19-6-10-21(30-3)11-7-19/h4-13,17,26H,14-16H2,1-3H3/t17-/m1/s1. The Morgan fingerprint density at radius 3 is 1.84 bits per heavy atom. The molecule has 0 unspecified atom stereocenters. The molecule has 0 saturated heterocycles. The quantitative estimate of drug-likeness (QED) is 0.516. The Labute approximate surface area is 182 Å². The van der Waals surface area contributed by atoms with Gasteiger partial charge in [-0.25, -0.2) is 8.42 Å². The summed E-state index contributed by atoms with van der Waals surface area (Å²) in [6.45, 7) is 2.17. The van der Waals surface area contributed by atoms with E-state index < -0.39 is 16.1 Å². The summed E-state index contributed by atoms with van der Waals surface area (Å²) < 4.78 is 40.0. The van der Waals surface area contributed by atoms with Crippen LogP contribution in [-0.4, -0.2) is 47.9 Å². The summed E-state index contributed by atoms with van der Waals surface area (Å²) in [7, 11) is -0.722. The number of hydrogen-bond acceptors (Lipinski definition) is 6. The Morgan fingerprint density at radius 2 is 1.42 bits per heavy atom. The molecule has 1 atom stereocenters. The summed E-state index contributed by atoms with van der Waals surface area (Å²) in [5.74, 6) is 1.40. The van der Waals surface area contributed by atoms with Gasteiger partial charge in [-0.3, -0.25) is 4.68 Å². The van der Waals surface area contributed by atoms with Crippen LogP contribution in [0, 0.1) is 0 Å². The molecule has 1 N–H and O–H groups in total. The van der Waals surface area contributed by atoms with Gasteiger partial charge in [-0.1, -0.05) is 24.3 Å².